The summed E-state index contributed by atoms with van der Waals surface area (Å²) in [5.41, 5.74) is 4.83. The second-order valence-corrected chi connectivity index (χ2v) is 8.52. The number of ether oxygens (including phenoxy) is 3. The van der Waals surface area contributed by atoms with Crippen molar-refractivity contribution in [1.29, 1.82) is 0 Å². The van der Waals surface area contributed by atoms with Gasteiger partial charge in [-0.2, -0.15) is 0 Å². The first-order valence-corrected chi connectivity index (χ1v) is 11.4. The summed E-state index contributed by atoms with van der Waals surface area (Å²) in [5, 5.41) is 0. The summed E-state index contributed by atoms with van der Waals surface area (Å²) in [7, 11) is 1.67. The fourth-order valence-corrected chi connectivity index (χ4v) is 4.34. The Kier molecular flexibility index (Phi) is 6.19. The molecular weight excluding hydrogens is 426 g/mol. The van der Waals surface area contributed by atoms with Crippen molar-refractivity contribution in [2.75, 3.05) is 20.4 Å². The molecule has 0 saturated carbocycles. The van der Waals surface area contributed by atoms with Crippen LogP contribution in [0.4, 0.5) is 0 Å². The minimum atomic E-state index is -0.0889. The third kappa shape index (κ3) is 4.47. The van der Waals surface area contributed by atoms with Crippen molar-refractivity contribution in [3.8, 4) is 17.2 Å². The summed E-state index contributed by atoms with van der Waals surface area (Å²) in [6, 6.07) is 20.0. The minimum absolute atomic E-state index is 0.0889. The average molecular weight is 454 g/mol. The fourth-order valence-electron chi connectivity index (χ4n) is 4.34. The first-order chi connectivity index (χ1) is 16.6. The number of methoxy groups -OCH3 is 1. The van der Waals surface area contributed by atoms with Crippen LogP contribution in [0, 0.1) is 6.92 Å². The number of fused-ring (bicyclic) bond motifs is 2. The molecule has 3 aromatic rings. The van der Waals surface area contributed by atoms with Gasteiger partial charge in [0.15, 0.2) is 5.76 Å². The molecule has 5 rings (SSSR count). The van der Waals surface area contributed by atoms with Crippen LogP contribution in [-0.2, 0) is 13.0 Å². The highest BCUT2D eigenvalue weighted by Gasteiger charge is 2.33. The maximum Gasteiger partial charge on any atom is 0.231 e. The Morgan fingerprint density at radius 3 is 2.62 bits per heavy atom. The molecule has 2 heterocycles. The molecule has 2 aliphatic heterocycles. The molecule has 0 bridgehead atoms. The van der Waals surface area contributed by atoms with E-state index in [-0.39, 0.29) is 5.78 Å². The second-order valence-electron chi connectivity index (χ2n) is 8.52. The number of benzene rings is 3. The van der Waals surface area contributed by atoms with Gasteiger partial charge in [0.05, 0.1) is 12.7 Å². The van der Waals surface area contributed by atoms with Crippen molar-refractivity contribution >= 4 is 11.9 Å². The van der Waals surface area contributed by atoms with E-state index in [1.807, 2.05) is 67.6 Å². The van der Waals surface area contributed by atoms with Gasteiger partial charge in [-0.05, 0) is 48.7 Å². The zero-order valence-corrected chi connectivity index (χ0v) is 19.4. The predicted octanol–water partition coefficient (Wildman–Crippen LogP) is 5.57. The maximum atomic E-state index is 13.0. The van der Waals surface area contributed by atoms with Crippen molar-refractivity contribution in [3.63, 3.8) is 0 Å². The van der Waals surface area contributed by atoms with E-state index in [0.29, 0.717) is 23.8 Å². The number of nitrogens with zero attached hydrogens (tertiary/aromatic N) is 1. The third-order valence-corrected chi connectivity index (χ3v) is 6.21. The molecule has 2 aliphatic rings. The number of hydrogen-bond donors (Lipinski definition) is 0. The Balaban J connectivity index is 1.29. The SMILES string of the molecule is COc1ccc(CCN2COc3c(cc4c(c3C)O/C(=C\C=C\c3ccccc3)C4=O)C2)cc1. The molecule has 0 spiro atoms. The average Bonchev–Trinajstić information content (AvgIpc) is 3.19. The molecule has 0 radical (unpaired) electrons. The van der Waals surface area contributed by atoms with E-state index in [1.165, 1.54) is 5.56 Å². The van der Waals surface area contributed by atoms with Gasteiger partial charge in [0.1, 0.15) is 24.0 Å². The van der Waals surface area contributed by atoms with Crippen LogP contribution in [0.1, 0.15) is 32.6 Å². The van der Waals surface area contributed by atoms with E-state index in [4.69, 9.17) is 14.2 Å². The predicted molar refractivity (Wildman–Crippen MR) is 132 cm³/mol. The van der Waals surface area contributed by atoms with Crippen molar-refractivity contribution in [2.24, 2.45) is 0 Å². The second kappa shape index (κ2) is 9.57. The first-order valence-electron chi connectivity index (χ1n) is 11.4. The van der Waals surface area contributed by atoms with Crippen LogP contribution in [0.15, 0.2) is 78.6 Å². The molecule has 34 heavy (non-hydrogen) atoms. The van der Waals surface area contributed by atoms with Crippen molar-refractivity contribution in [3.05, 3.63) is 106 Å². The van der Waals surface area contributed by atoms with Crippen LogP contribution in [-0.4, -0.2) is 31.1 Å². The topological polar surface area (TPSA) is 48.0 Å². The number of allylic oxidation sites excluding steroid dienone is 3. The van der Waals surface area contributed by atoms with Gasteiger partial charge >= 0.3 is 0 Å². The minimum Gasteiger partial charge on any atom is -0.497 e. The number of ketones is 1. The van der Waals surface area contributed by atoms with Gasteiger partial charge in [0.2, 0.25) is 5.78 Å². The Labute approximate surface area is 199 Å². The van der Waals surface area contributed by atoms with Gasteiger partial charge in [-0.1, -0.05) is 54.6 Å². The molecule has 5 heteroatoms. The van der Waals surface area contributed by atoms with Crippen LogP contribution in [0.2, 0.25) is 0 Å². The first kappa shape index (κ1) is 22.0. The number of carbonyl (C=O) groups is 1. The lowest BCUT2D eigenvalue weighted by molar-refractivity contribution is 0.0954. The summed E-state index contributed by atoms with van der Waals surface area (Å²) in [4.78, 5) is 15.3. The molecular formula is C29H27NO4. The van der Waals surface area contributed by atoms with Crippen molar-refractivity contribution in [1.82, 2.24) is 4.90 Å². The Bertz CT molecular complexity index is 1260. The summed E-state index contributed by atoms with van der Waals surface area (Å²) in [5.74, 6) is 2.54. The Hall–Kier alpha value is -3.83. The summed E-state index contributed by atoms with van der Waals surface area (Å²) >= 11 is 0. The molecule has 0 unspecified atom stereocenters. The maximum absolute atomic E-state index is 13.0. The van der Waals surface area contributed by atoms with E-state index in [9.17, 15) is 4.79 Å². The van der Waals surface area contributed by atoms with Crippen LogP contribution >= 0.6 is 0 Å². The molecule has 5 nitrogen and oxygen atoms in total. The molecule has 0 fully saturated rings. The molecule has 0 N–H and O–H groups in total. The van der Waals surface area contributed by atoms with Gasteiger partial charge < -0.3 is 14.2 Å². The van der Waals surface area contributed by atoms with E-state index >= 15 is 0 Å². The van der Waals surface area contributed by atoms with E-state index in [2.05, 4.69) is 17.0 Å². The standard InChI is InChI=1S/C29H27NO4/c1-20-28-23(18-30(19-33-28)16-15-22-11-13-24(32-2)14-12-22)17-25-27(31)26(34-29(20)25)10-6-9-21-7-4-3-5-8-21/h3-14,17H,15-16,18-19H2,1-2H3/b9-6+,26-10-. The lowest BCUT2D eigenvalue weighted by atomic mass is 10.00. The monoisotopic (exact) mass is 453 g/mol. The Morgan fingerprint density at radius 1 is 1.06 bits per heavy atom. The number of hydrogen-bond acceptors (Lipinski definition) is 5. The van der Waals surface area contributed by atoms with Crippen LogP contribution < -0.4 is 14.2 Å². The zero-order chi connectivity index (χ0) is 23.5. The molecule has 0 aliphatic carbocycles. The number of Topliss-reactive ketones (excluding diaryl/α,β-unsaturated/α-hetero) is 1. The van der Waals surface area contributed by atoms with Crippen LogP contribution in [0.3, 0.4) is 0 Å². The molecule has 0 atom stereocenters. The molecule has 0 saturated heterocycles. The fraction of sp³-hybridized carbons (Fsp3) is 0.207. The highest BCUT2D eigenvalue weighted by molar-refractivity contribution is 6.13. The van der Waals surface area contributed by atoms with Crippen LogP contribution in [0.25, 0.3) is 6.08 Å². The molecule has 3 aromatic carbocycles. The molecule has 0 aromatic heterocycles. The smallest absolute Gasteiger partial charge is 0.231 e. The summed E-state index contributed by atoms with van der Waals surface area (Å²) < 4.78 is 17.3. The lowest BCUT2D eigenvalue weighted by Crippen LogP contribution is -2.34. The van der Waals surface area contributed by atoms with Crippen LogP contribution in [0.5, 0.6) is 17.2 Å². The lowest BCUT2D eigenvalue weighted by Gasteiger charge is -2.30. The number of carbonyl (C=O) groups excluding carboxylic acids is 1. The van der Waals surface area contributed by atoms with Crippen molar-refractivity contribution in [2.45, 2.75) is 19.9 Å². The Morgan fingerprint density at radius 2 is 1.85 bits per heavy atom. The van der Waals surface area contributed by atoms with E-state index in [0.717, 1.165) is 47.7 Å². The van der Waals surface area contributed by atoms with Crippen molar-refractivity contribution < 1.29 is 19.0 Å². The molecule has 172 valence electrons. The van der Waals surface area contributed by atoms with Gasteiger partial charge in [0.25, 0.3) is 0 Å². The zero-order valence-electron chi connectivity index (χ0n) is 19.4. The summed E-state index contributed by atoms with van der Waals surface area (Å²) in [6.07, 6.45) is 6.44. The van der Waals surface area contributed by atoms with E-state index in [1.54, 1.807) is 13.2 Å². The largest absolute Gasteiger partial charge is 0.497 e. The van der Waals surface area contributed by atoms with Gasteiger partial charge in [-0.15, -0.1) is 0 Å². The molecule has 0 amide bonds. The van der Waals surface area contributed by atoms with Gasteiger partial charge in [0, 0.05) is 24.2 Å². The highest BCUT2D eigenvalue weighted by atomic mass is 16.5. The highest BCUT2D eigenvalue weighted by Crippen LogP contribution is 2.42. The van der Waals surface area contributed by atoms with Gasteiger partial charge in [-0.25, -0.2) is 0 Å². The number of rotatable bonds is 6. The normalized spacial score (nSPS) is 16.3. The summed E-state index contributed by atoms with van der Waals surface area (Å²) in [6.45, 7) is 4.07. The third-order valence-electron chi connectivity index (χ3n) is 6.21. The van der Waals surface area contributed by atoms with E-state index < -0.39 is 0 Å². The quantitative estimate of drug-likeness (QED) is 0.457. The van der Waals surface area contributed by atoms with Gasteiger partial charge in [-0.3, -0.25) is 9.69 Å².